The van der Waals surface area contributed by atoms with Gasteiger partial charge in [0.1, 0.15) is 17.8 Å². The van der Waals surface area contributed by atoms with E-state index in [2.05, 4.69) is 20.0 Å². The Bertz CT molecular complexity index is 1760. The first-order valence-electron chi connectivity index (χ1n) is 13.9. The number of hydrogen-bond acceptors (Lipinski definition) is 9. The average Bonchev–Trinajstić information content (AvgIpc) is 3.24. The molecular weight excluding hydrogens is 631 g/mol. The van der Waals surface area contributed by atoms with Crippen LogP contribution >= 0.6 is 11.3 Å². The number of amides is 1. The van der Waals surface area contributed by atoms with Gasteiger partial charge in [-0.25, -0.2) is 17.2 Å². The minimum Gasteiger partial charge on any atom is -0.366 e. The van der Waals surface area contributed by atoms with Crippen molar-refractivity contribution in [3.8, 4) is 16.8 Å². The van der Waals surface area contributed by atoms with E-state index < -0.39 is 39.7 Å². The number of anilines is 1. The lowest BCUT2D eigenvalue weighted by atomic mass is 10.1. The Morgan fingerprint density at radius 3 is 2.36 bits per heavy atom. The van der Waals surface area contributed by atoms with Gasteiger partial charge in [0.25, 0.3) is 6.43 Å². The molecule has 1 amide bonds. The quantitative estimate of drug-likeness (QED) is 0.356. The highest BCUT2D eigenvalue weighted by Gasteiger charge is 2.48. The van der Waals surface area contributed by atoms with Gasteiger partial charge in [0.05, 0.1) is 22.2 Å². The lowest BCUT2D eigenvalue weighted by Gasteiger charge is -2.43. The number of benzene rings is 1. The molecular formula is C26H27F5N8O3S2. The van der Waals surface area contributed by atoms with Crippen LogP contribution in [0.3, 0.4) is 0 Å². The minimum atomic E-state index is -4.73. The highest BCUT2D eigenvalue weighted by molar-refractivity contribution is 7.89. The molecule has 2 atom stereocenters. The van der Waals surface area contributed by atoms with Crippen LogP contribution in [0.25, 0.3) is 21.6 Å². The molecule has 0 radical (unpaired) electrons. The van der Waals surface area contributed by atoms with Gasteiger partial charge in [-0.1, -0.05) is 25.2 Å². The molecule has 3 fully saturated rings. The predicted molar refractivity (Wildman–Crippen MR) is 148 cm³/mol. The summed E-state index contributed by atoms with van der Waals surface area (Å²) < 4.78 is 98.5. The van der Waals surface area contributed by atoms with Crippen molar-refractivity contribution in [3.05, 3.63) is 17.1 Å². The Kier molecular flexibility index (Phi) is 7.36. The second kappa shape index (κ2) is 10.6. The maximum absolute atomic E-state index is 13.8. The fourth-order valence-electron chi connectivity index (χ4n) is 5.96. The molecule has 3 aromatic rings. The summed E-state index contributed by atoms with van der Waals surface area (Å²) in [5.41, 5.74) is -1.45. The molecule has 18 heteroatoms. The molecule has 0 spiro atoms. The van der Waals surface area contributed by atoms with Crippen molar-refractivity contribution in [3.63, 3.8) is 0 Å². The molecule has 3 aliphatic rings. The summed E-state index contributed by atoms with van der Waals surface area (Å²) in [7, 11) is -4.38. The molecule has 2 bridgehead atoms. The zero-order valence-corrected chi connectivity index (χ0v) is 25.1. The van der Waals surface area contributed by atoms with E-state index in [-0.39, 0.29) is 69.2 Å². The number of carbonyl (C=O) groups excluding carboxylic acids is 1. The number of aromatic nitrogens is 4. The van der Waals surface area contributed by atoms with Gasteiger partial charge in [-0.2, -0.15) is 28.3 Å². The largest absolute Gasteiger partial charge is 0.408 e. The number of nitriles is 1. The van der Waals surface area contributed by atoms with E-state index >= 15 is 0 Å². The van der Waals surface area contributed by atoms with Crippen LogP contribution in [0, 0.1) is 17.2 Å². The molecule has 44 heavy (non-hydrogen) atoms. The van der Waals surface area contributed by atoms with Crippen LogP contribution in [-0.4, -0.2) is 76.1 Å². The minimum absolute atomic E-state index is 0.0374. The maximum Gasteiger partial charge on any atom is 0.408 e. The standard InChI is InChI=1S/C26H27F5N8O3S2/c1-13(2)24(40)39-14-3-4-15(39)10-37(9-14)18-8-16(44(41,42)36-25(11-32)5-6-25)7-17-19(22-33-34-23(43-22)21(27)28)35-38(20(17)18)12-26(29,30)31/h7-8,13-15,21,36H,3-6,9-10,12H2,1-2H3. The summed E-state index contributed by atoms with van der Waals surface area (Å²) >= 11 is 0.440. The molecule has 4 heterocycles. The summed E-state index contributed by atoms with van der Waals surface area (Å²) in [6.45, 7) is 2.49. The third kappa shape index (κ3) is 5.49. The van der Waals surface area contributed by atoms with Gasteiger partial charge in [0.15, 0.2) is 10.0 Å². The van der Waals surface area contributed by atoms with Gasteiger partial charge in [-0.3, -0.25) is 9.48 Å². The summed E-state index contributed by atoms with van der Waals surface area (Å²) in [6.07, 6.45) is -5.79. The molecule has 1 aliphatic carbocycles. The van der Waals surface area contributed by atoms with Crippen molar-refractivity contribution < 1.29 is 35.2 Å². The van der Waals surface area contributed by atoms with Gasteiger partial charge in [-0.05, 0) is 37.8 Å². The van der Waals surface area contributed by atoms with Crippen LogP contribution in [-0.2, 0) is 21.4 Å². The highest BCUT2D eigenvalue weighted by Crippen LogP contribution is 2.43. The fraction of sp³-hybridized carbons (Fsp3) is 0.577. The molecule has 2 saturated heterocycles. The molecule has 1 aromatic carbocycles. The van der Waals surface area contributed by atoms with E-state index in [1.807, 2.05) is 11.0 Å². The average molecular weight is 659 g/mol. The van der Waals surface area contributed by atoms with E-state index in [4.69, 9.17) is 0 Å². The van der Waals surface area contributed by atoms with Crippen molar-refractivity contribution >= 4 is 43.9 Å². The van der Waals surface area contributed by atoms with Crippen molar-refractivity contribution in [2.45, 2.75) is 81.2 Å². The van der Waals surface area contributed by atoms with Crippen LogP contribution in [0.2, 0.25) is 0 Å². The summed E-state index contributed by atoms with van der Waals surface area (Å²) in [6, 6.07) is 3.83. The topological polar surface area (TPSA) is 137 Å². The molecule has 1 N–H and O–H groups in total. The van der Waals surface area contributed by atoms with E-state index in [1.165, 1.54) is 6.07 Å². The second-order valence-corrected chi connectivity index (χ2v) is 14.4. The van der Waals surface area contributed by atoms with Crippen LogP contribution in [0.5, 0.6) is 0 Å². The normalized spacial score (nSPS) is 21.5. The lowest BCUT2D eigenvalue weighted by molar-refractivity contribution is -0.142. The zero-order valence-electron chi connectivity index (χ0n) is 23.5. The molecule has 2 aromatic heterocycles. The Balaban J connectivity index is 1.55. The number of piperazine rings is 1. The first-order valence-corrected chi connectivity index (χ1v) is 16.2. The smallest absolute Gasteiger partial charge is 0.366 e. The first-order chi connectivity index (χ1) is 20.6. The number of hydrogen-bond donors (Lipinski definition) is 1. The third-order valence-corrected chi connectivity index (χ3v) is 10.6. The molecule has 6 rings (SSSR count). The number of fused-ring (bicyclic) bond motifs is 3. The third-order valence-electron chi connectivity index (χ3n) is 8.13. The van der Waals surface area contributed by atoms with E-state index in [1.54, 1.807) is 18.7 Å². The van der Waals surface area contributed by atoms with Crippen LogP contribution in [0.4, 0.5) is 27.6 Å². The van der Waals surface area contributed by atoms with Crippen LogP contribution in [0.15, 0.2) is 17.0 Å². The van der Waals surface area contributed by atoms with Crippen LogP contribution < -0.4 is 9.62 Å². The van der Waals surface area contributed by atoms with E-state index in [0.717, 1.165) is 6.07 Å². The molecule has 2 unspecified atom stereocenters. The van der Waals surface area contributed by atoms with E-state index in [9.17, 15) is 40.4 Å². The second-order valence-electron chi connectivity index (χ2n) is 11.7. The fourth-order valence-corrected chi connectivity index (χ4v) is 8.08. The Labute approximate surface area is 252 Å². The van der Waals surface area contributed by atoms with Gasteiger partial charge < -0.3 is 9.80 Å². The summed E-state index contributed by atoms with van der Waals surface area (Å²) in [4.78, 5) is 16.2. The van der Waals surface area contributed by atoms with E-state index in [0.29, 0.717) is 41.7 Å². The van der Waals surface area contributed by atoms with Crippen molar-refractivity contribution in [1.29, 1.82) is 5.26 Å². The van der Waals surface area contributed by atoms with Gasteiger partial charge in [-0.15, -0.1) is 10.2 Å². The summed E-state index contributed by atoms with van der Waals surface area (Å²) in [5, 5.41) is 19.9. The number of rotatable bonds is 8. The molecule has 1 saturated carbocycles. The number of carbonyl (C=O) groups is 1. The predicted octanol–water partition coefficient (Wildman–Crippen LogP) is 4.22. The zero-order chi connectivity index (χ0) is 31.8. The van der Waals surface area contributed by atoms with Crippen molar-refractivity contribution in [2.75, 3.05) is 18.0 Å². The van der Waals surface area contributed by atoms with Crippen molar-refractivity contribution in [1.82, 2.24) is 29.6 Å². The van der Waals surface area contributed by atoms with Gasteiger partial charge in [0, 0.05) is 36.5 Å². The number of halogens is 5. The van der Waals surface area contributed by atoms with Gasteiger partial charge in [0.2, 0.25) is 15.9 Å². The number of alkyl halides is 5. The highest BCUT2D eigenvalue weighted by atomic mass is 32.2. The Hall–Kier alpha value is -3.43. The Morgan fingerprint density at radius 2 is 1.84 bits per heavy atom. The molecule has 11 nitrogen and oxygen atoms in total. The number of nitrogens with one attached hydrogen (secondary N) is 1. The van der Waals surface area contributed by atoms with Crippen molar-refractivity contribution in [2.24, 2.45) is 5.92 Å². The monoisotopic (exact) mass is 658 g/mol. The van der Waals surface area contributed by atoms with Crippen LogP contribution in [0.1, 0.15) is 51.0 Å². The molecule has 2 aliphatic heterocycles. The maximum atomic E-state index is 13.8. The lowest BCUT2D eigenvalue weighted by Crippen LogP contribution is -2.57. The SMILES string of the molecule is CC(C)C(=O)N1C2CCC1CN(c1cc(S(=O)(=O)NC3(C#N)CC3)cc3c(-c4nnc(C(F)F)s4)nn(CC(F)(F)F)c13)C2. The number of nitrogens with zero attached hydrogens (tertiary/aromatic N) is 7. The first kappa shape index (κ1) is 30.6. The molecule has 236 valence electrons. The van der Waals surface area contributed by atoms with Gasteiger partial charge >= 0.3 is 6.18 Å². The number of sulfonamides is 1. The summed E-state index contributed by atoms with van der Waals surface area (Å²) in [5.74, 6) is -0.295. The Morgan fingerprint density at radius 1 is 1.18 bits per heavy atom.